The summed E-state index contributed by atoms with van der Waals surface area (Å²) in [5.41, 5.74) is 1.29. The van der Waals surface area contributed by atoms with Gasteiger partial charge in [0.1, 0.15) is 12.4 Å². The molecule has 1 atom stereocenters. The van der Waals surface area contributed by atoms with E-state index in [1.54, 1.807) is 0 Å². The normalized spacial score (nSPS) is 16.8. The fourth-order valence-corrected chi connectivity index (χ4v) is 3.91. The third-order valence-corrected chi connectivity index (χ3v) is 5.96. The third kappa shape index (κ3) is 7.33. The molecule has 1 aliphatic rings. The number of para-hydroxylation sites is 1. The molecule has 166 valence electrons. The van der Waals surface area contributed by atoms with Crippen molar-refractivity contribution in [1.82, 2.24) is 25.4 Å². The van der Waals surface area contributed by atoms with Crippen molar-refractivity contribution >= 4 is 47.4 Å². The Bertz CT molecular complexity index is 781. The van der Waals surface area contributed by atoms with E-state index < -0.39 is 0 Å². The lowest BCUT2D eigenvalue weighted by molar-refractivity contribution is 0.467. The average Bonchev–Trinajstić information content (AvgIpc) is 3.08. The van der Waals surface area contributed by atoms with Gasteiger partial charge in [-0.1, -0.05) is 18.2 Å². The smallest absolute Gasteiger partial charge is 0.191 e. The van der Waals surface area contributed by atoms with Crippen molar-refractivity contribution in [3.8, 4) is 0 Å². The van der Waals surface area contributed by atoms with Gasteiger partial charge in [-0.25, -0.2) is 4.99 Å². The molecule has 1 aliphatic heterocycles. The zero-order chi connectivity index (χ0) is 20.5. The van der Waals surface area contributed by atoms with Crippen molar-refractivity contribution in [2.24, 2.45) is 12.0 Å². The molecule has 9 heteroatoms. The fourth-order valence-electron chi connectivity index (χ4n) is 3.48. The lowest BCUT2D eigenvalue weighted by Crippen LogP contribution is -2.51. The molecule has 0 aliphatic carbocycles. The summed E-state index contributed by atoms with van der Waals surface area (Å²) in [6.07, 6.45) is 5.59. The summed E-state index contributed by atoms with van der Waals surface area (Å²) in [4.78, 5) is 7.26. The van der Waals surface area contributed by atoms with Crippen LogP contribution in [0.15, 0.2) is 35.3 Å². The van der Waals surface area contributed by atoms with E-state index in [4.69, 9.17) is 4.99 Å². The van der Waals surface area contributed by atoms with E-state index in [0.29, 0.717) is 12.6 Å². The largest absolute Gasteiger partial charge is 0.369 e. The third-order valence-electron chi connectivity index (χ3n) is 5.26. The summed E-state index contributed by atoms with van der Waals surface area (Å²) in [5.74, 6) is 3.80. The molecule has 1 aromatic carbocycles. The Labute approximate surface area is 201 Å². The van der Waals surface area contributed by atoms with Gasteiger partial charge in [0.25, 0.3) is 0 Å². The van der Waals surface area contributed by atoms with Crippen LogP contribution in [0.5, 0.6) is 0 Å². The van der Waals surface area contributed by atoms with Crippen LogP contribution in [-0.4, -0.2) is 58.4 Å². The van der Waals surface area contributed by atoms with Crippen LogP contribution in [0.3, 0.4) is 0 Å². The summed E-state index contributed by atoms with van der Waals surface area (Å²) >= 11 is 1.87. The summed E-state index contributed by atoms with van der Waals surface area (Å²) in [6.45, 7) is 5.48. The number of guanidine groups is 1. The lowest BCUT2D eigenvalue weighted by atomic mass is 10.1. The predicted molar refractivity (Wildman–Crippen MR) is 138 cm³/mol. The summed E-state index contributed by atoms with van der Waals surface area (Å²) in [5, 5.41) is 15.5. The Morgan fingerprint density at radius 2 is 2.07 bits per heavy atom. The van der Waals surface area contributed by atoms with Gasteiger partial charge < -0.3 is 20.1 Å². The van der Waals surface area contributed by atoms with Crippen molar-refractivity contribution in [1.29, 1.82) is 0 Å². The molecule has 1 unspecified atom stereocenters. The number of halogens is 1. The van der Waals surface area contributed by atoms with Crippen molar-refractivity contribution in [3.63, 3.8) is 0 Å². The molecule has 1 saturated heterocycles. The molecule has 2 heterocycles. The number of aliphatic imine (C=N–C) groups is 1. The Kier molecular flexibility index (Phi) is 10.8. The van der Waals surface area contributed by atoms with Crippen molar-refractivity contribution in [2.45, 2.75) is 38.8 Å². The van der Waals surface area contributed by atoms with Gasteiger partial charge in [0.2, 0.25) is 0 Å². The number of aryl methyl sites for hydroxylation is 1. The first-order chi connectivity index (χ1) is 14.2. The maximum absolute atomic E-state index is 4.80. The van der Waals surface area contributed by atoms with Crippen molar-refractivity contribution in [3.05, 3.63) is 42.0 Å². The lowest BCUT2D eigenvalue weighted by Gasteiger charge is -2.35. The highest BCUT2D eigenvalue weighted by Gasteiger charge is 2.21. The van der Waals surface area contributed by atoms with E-state index in [0.717, 1.165) is 55.8 Å². The molecule has 0 radical (unpaired) electrons. The first-order valence-electron chi connectivity index (χ1n) is 10.4. The number of nitrogens with one attached hydrogen (secondary N) is 2. The molecule has 2 N–H and O–H groups in total. The van der Waals surface area contributed by atoms with Crippen LogP contribution < -0.4 is 15.5 Å². The second-order valence-electron chi connectivity index (χ2n) is 7.43. The van der Waals surface area contributed by atoms with Gasteiger partial charge in [0, 0.05) is 38.4 Å². The Hall–Kier alpha value is -1.49. The molecule has 0 saturated carbocycles. The number of rotatable bonds is 8. The predicted octanol–water partition coefficient (Wildman–Crippen LogP) is 3.20. The van der Waals surface area contributed by atoms with Gasteiger partial charge in [0.05, 0.1) is 0 Å². The Morgan fingerprint density at radius 3 is 2.77 bits per heavy atom. The van der Waals surface area contributed by atoms with E-state index in [9.17, 15) is 0 Å². The molecule has 0 bridgehead atoms. The minimum Gasteiger partial charge on any atom is -0.369 e. The van der Waals surface area contributed by atoms with E-state index in [2.05, 4.69) is 62.3 Å². The van der Waals surface area contributed by atoms with Gasteiger partial charge in [-0.15, -0.1) is 34.2 Å². The highest BCUT2D eigenvalue weighted by atomic mass is 127. The molecule has 1 fully saturated rings. The second kappa shape index (κ2) is 13.0. The average molecular weight is 544 g/mol. The summed E-state index contributed by atoms with van der Waals surface area (Å²) in [6, 6.07) is 11.0. The van der Waals surface area contributed by atoms with E-state index >= 15 is 0 Å². The van der Waals surface area contributed by atoms with E-state index in [1.165, 1.54) is 12.1 Å². The van der Waals surface area contributed by atoms with Gasteiger partial charge in [-0.3, -0.25) is 0 Å². The van der Waals surface area contributed by atoms with Crippen molar-refractivity contribution in [2.75, 3.05) is 36.5 Å². The number of hydrogen-bond acceptors (Lipinski definition) is 5. The molecule has 7 nitrogen and oxygen atoms in total. The number of benzene rings is 1. The zero-order valence-electron chi connectivity index (χ0n) is 18.2. The highest BCUT2D eigenvalue weighted by molar-refractivity contribution is 14.0. The Morgan fingerprint density at radius 1 is 1.27 bits per heavy atom. The van der Waals surface area contributed by atoms with Crippen LogP contribution in [0.4, 0.5) is 5.69 Å². The number of aromatic nitrogens is 3. The molecule has 3 rings (SSSR count). The maximum atomic E-state index is 4.80. The second-order valence-corrected chi connectivity index (χ2v) is 8.41. The van der Waals surface area contributed by atoms with Gasteiger partial charge in [-0.05, 0) is 50.3 Å². The summed E-state index contributed by atoms with van der Waals surface area (Å²) < 4.78 is 1.99. The Balaban J connectivity index is 0.00000320. The van der Waals surface area contributed by atoms with Crippen LogP contribution in [0.1, 0.15) is 30.9 Å². The van der Waals surface area contributed by atoms with Crippen LogP contribution in [0.25, 0.3) is 0 Å². The molecule has 0 amide bonds. The number of nitrogens with zero attached hydrogens (tertiary/aromatic N) is 5. The van der Waals surface area contributed by atoms with Gasteiger partial charge in [0.15, 0.2) is 11.8 Å². The van der Waals surface area contributed by atoms with Crippen LogP contribution in [0.2, 0.25) is 0 Å². The topological polar surface area (TPSA) is 70.4 Å². The SMILES string of the molecule is CSCCCNC(=NCc1nnc(C)n1C)NC1CCCN(c2ccccc2)C1.I. The number of piperidine rings is 1. The van der Waals surface area contributed by atoms with Crippen LogP contribution in [0, 0.1) is 6.92 Å². The maximum Gasteiger partial charge on any atom is 0.191 e. The summed E-state index contributed by atoms with van der Waals surface area (Å²) in [7, 11) is 1.98. The minimum absolute atomic E-state index is 0. The van der Waals surface area contributed by atoms with Gasteiger partial charge in [-0.2, -0.15) is 11.8 Å². The van der Waals surface area contributed by atoms with Crippen LogP contribution >= 0.6 is 35.7 Å². The zero-order valence-corrected chi connectivity index (χ0v) is 21.3. The monoisotopic (exact) mass is 543 g/mol. The van der Waals surface area contributed by atoms with Gasteiger partial charge >= 0.3 is 0 Å². The number of anilines is 1. The van der Waals surface area contributed by atoms with E-state index in [-0.39, 0.29) is 24.0 Å². The standard InChI is InChI=1S/C21H33N7S.HI/c1-17-25-26-20(27(17)2)15-23-21(22-12-8-14-29-3)24-18-9-7-13-28(16-18)19-10-5-4-6-11-19;/h4-6,10-11,18H,7-9,12-16H2,1-3H3,(H2,22,23,24);1H. The molecular weight excluding hydrogens is 509 g/mol. The molecule has 1 aromatic heterocycles. The first-order valence-corrected chi connectivity index (χ1v) is 11.8. The van der Waals surface area contributed by atoms with Crippen molar-refractivity contribution < 1.29 is 0 Å². The first kappa shape index (κ1) is 24.8. The molecular formula is C21H34IN7S. The van der Waals surface area contributed by atoms with E-state index in [1.807, 2.05) is 30.3 Å². The molecule has 2 aromatic rings. The fraction of sp³-hybridized carbons (Fsp3) is 0.571. The quantitative estimate of drug-likeness (QED) is 0.231. The number of hydrogen-bond donors (Lipinski definition) is 2. The number of thioether (sulfide) groups is 1. The molecule has 0 spiro atoms. The molecule has 30 heavy (non-hydrogen) atoms. The van der Waals surface area contributed by atoms with Crippen LogP contribution in [-0.2, 0) is 13.6 Å². The minimum atomic E-state index is 0. The highest BCUT2D eigenvalue weighted by Crippen LogP contribution is 2.19.